The molecule has 138 valence electrons. The number of hydrogen-bond donors (Lipinski definition) is 0. The molecule has 1 aliphatic heterocycles. The van der Waals surface area contributed by atoms with Crippen LogP contribution in [0.3, 0.4) is 0 Å². The first-order chi connectivity index (χ1) is 12.5. The summed E-state index contributed by atoms with van der Waals surface area (Å²) in [5.41, 5.74) is 2.08. The van der Waals surface area contributed by atoms with E-state index in [2.05, 4.69) is 11.0 Å². The van der Waals surface area contributed by atoms with Crippen LogP contribution in [0, 0.1) is 18.3 Å². The van der Waals surface area contributed by atoms with Crippen LogP contribution in [0.15, 0.2) is 40.6 Å². The van der Waals surface area contributed by atoms with Crippen LogP contribution in [0.1, 0.15) is 29.0 Å². The first-order valence-corrected chi connectivity index (χ1v) is 11.0. The molecule has 0 saturated carbocycles. The number of benzene rings is 1. The van der Waals surface area contributed by atoms with Crippen LogP contribution in [0.25, 0.3) is 0 Å². The van der Waals surface area contributed by atoms with Crippen LogP contribution in [0.4, 0.5) is 0 Å². The summed E-state index contributed by atoms with van der Waals surface area (Å²) in [6.07, 6.45) is 0.842. The van der Waals surface area contributed by atoms with Gasteiger partial charge in [-0.2, -0.15) is 9.57 Å². The number of sulfonamides is 1. The molecule has 0 radical (unpaired) electrons. The minimum atomic E-state index is -3.44. The zero-order chi connectivity index (χ0) is 18.7. The van der Waals surface area contributed by atoms with Crippen LogP contribution in [-0.4, -0.2) is 43.8 Å². The molecule has 2 aromatic rings. The highest BCUT2D eigenvalue weighted by molar-refractivity contribution is 7.91. The van der Waals surface area contributed by atoms with Gasteiger partial charge in [0.2, 0.25) is 0 Å². The quantitative estimate of drug-likeness (QED) is 0.788. The van der Waals surface area contributed by atoms with E-state index >= 15 is 0 Å². The summed E-state index contributed by atoms with van der Waals surface area (Å²) in [7, 11) is -3.44. The normalized spacial score (nSPS) is 17.7. The van der Waals surface area contributed by atoms with Crippen molar-refractivity contribution < 1.29 is 8.42 Å². The first kappa shape index (κ1) is 19.1. The maximum absolute atomic E-state index is 12.8. The standard InChI is InChI=1S/C19H23N3O2S2/c1-3-16-8-9-19(25-16)26(23,24)22-12-10-21(11-13-22)18(14-20)17-7-5-4-6-15(17)2/h4-9,18H,3,10-13H2,1-2H3. The molecule has 1 aliphatic rings. The summed E-state index contributed by atoms with van der Waals surface area (Å²) < 4.78 is 27.6. The molecule has 2 heterocycles. The molecule has 1 saturated heterocycles. The fourth-order valence-electron chi connectivity index (χ4n) is 3.26. The summed E-state index contributed by atoms with van der Waals surface area (Å²) in [5.74, 6) is 0. The van der Waals surface area contributed by atoms with Crippen molar-refractivity contribution in [3.8, 4) is 6.07 Å². The maximum Gasteiger partial charge on any atom is 0.252 e. The van der Waals surface area contributed by atoms with Gasteiger partial charge in [-0.15, -0.1) is 11.3 Å². The Morgan fingerprint density at radius 2 is 1.85 bits per heavy atom. The Morgan fingerprint density at radius 1 is 1.15 bits per heavy atom. The number of rotatable bonds is 5. The van der Waals surface area contributed by atoms with Crippen LogP contribution in [0.5, 0.6) is 0 Å². The van der Waals surface area contributed by atoms with Crippen molar-refractivity contribution in [1.29, 1.82) is 5.26 Å². The average Bonchev–Trinajstić information content (AvgIpc) is 3.14. The topological polar surface area (TPSA) is 64.4 Å². The van der Waals surface area contributed by atoms with Crippen molar-refractivity contribution in [2.24, 2.45) is 0 Å². The van der Waals surface area contributed by atoms with Gasteiger partial charge in [0.15, 0.2) is 0 Å². The van der Waals surface area contributed by atoms with E-state index in [-0.39, 0.29) is 6.04 Å². The number of thiophene rings is 1. The van der Waals surface area contributed by atoms with Gasteiger partial charge in [0.25, 0.3) is 10.0 Å². The predicted octanol–water partition coefficient (Wildman–Crippen LogP) is 3.19. The Kier molecular flexibility index (Phi) is 5.78. The fraction of sp³-hybridized carbons (Fsp3) is 0.421. The molecule has 1 aromatic heterocycles. The van der Waals surface area contributed by atoms with Crippen LogP contribution >= 0.6 is 11.3 Å². The molecule has 0 spiro atoms. The van der Waals surface area contributed by atoms with E-state index in [9.17, 15) is 13.7 Å². The van der Waals surface area contributed by atoms with Gasteiger partial charge in [-0.3, -0.25) is 4.90 Å². The lowest BCUT2D eigenvalue weighted by Crippen LogP contribution is -2.49. The average molecular weight is 390 g/mol. The second-order valence-corrected chi connectivity index (χ2v) is 9.74. The molecular weight excluding hydrogens is 366 g/mol. The number of piperazine rings is 1. The summed E-state index contributed by atoms with van der Waals surface area (Å²) in [6.45, 7) is 5.95. The molecule has 1 aromatic carbocycles. The molecule has 3 rings (SSSR count). The van der Waals surface area contributed by atoms with E-state index in [0.29, 0.717) is 30.4 Å². The Morgan fingerprint density at radius 3 is 2.42 bits per heavy atom. The van der Waals surface area contributed by atoms with E-state index in [4.69, 9.17) is 0 Å². The highest BCUT2D eigenvalue weighted by Gasteiger charge is 2.32. The summed E-state index contributed by atoms with van der Waals surface area (Å²) in [6, 6.07) is 13.5. The second-order valence-electron chi connectivity index (χ2n) is 6.40. The summed E-state index contributed by atoms with van der Waals surface area (Å²) >= 11 is 1.35. The van der Waals surface area contributed by atoms with Crippen molar-refractivity contribution in [1.82, 2.24) is 9.21 Å². The number of hydrogen-bond acceptors (Lipinski definition) is 5. The molecular formula is C19H23N3O2S2. The van der Waals surface area contributed by atoms with Crippen LogP contribution < -0.4 is 0 Å². The lowest BCUT2D eigenvalue weighted by atomic mass is 10.0. The Hall–Kier alpha value is -1.72. The molecule has 0 aliphatic carbocycles. The number of nitrogens with zero attached hydrogens (tertiary/aromatic N) is 3. The zero-order valence-electron chi connectivity index (χ0n) is 15.1. The fourth-order valence-corrected chi connectivity index (χ4v) is 6.13. The number of nitriles is 1. The molecule has 7 heteroatoms. The van der Waals surface area contributed by atoms with Gasteiger partial charge in [0.05, 0.1) is 6.07 Å². The van der Waals surface area contributed by atoms with Gasteiger partial charge in [0, 0.05) is 31.1 Å². The highest BCUT2D eigenvalue weighted by atomic mass is 32.2. The van der Waals surface area contributed by atoms with Crippen molar-refractivity contribution in [3.63, 3.8) is 0 Å². The Balaban J connectivity index is 1.72. The minimum absolute atomic E-state index is 0.338. The molecule has 1 fully saturated rings. The molecule has 26 heavy (non-hydrogen) atoms. The van der Waals surface area contributed by atoms with E-state index in [0.717, 1.165) is 22.4 Å². The van der Waals surface area contributed by atoms with Gasteiger partial charge in [-0.25, -0.2) is 8.42 Å². The molecule has 0 amide bonds. The van der Waals surface area contributed by atoms with Crippen LogP contribution in [-0.2, 0) is 16.4 Å². The van der Waals surface area contributed by atoms with Crippen LogP contribution in [0.2, 0.25) is 0 Å². The monoisotopic (exact) mass is 389 g/mol. The third kappa shape index (κ3) is 3.69. The third-order valence-electron chi connectivity index (χ3n) is 4.82. The van der Waals surface area contributed by atoms with Crippen molar-refractivity contribution >= 4 is 21.4 Å². The van der Waals surface area contributed by atoms with E-state index in [1.54, 1.807) is 10.4 Å². The SMILES string of the molecule is CCc1ccc(S(=O)(=O)N2CCN(C(C#N)c3ccccc3C)CC2)s1. The third-order valence-corrected chi connectivity index (χ3v) is 8.42. The largest absolute Gasteiger partial charge is 0.282 e. The van der Waals surface area contributed by atoms with Crippen molar-refractivity contribution in [2.75, 3.05) is 26.2 Å². The van der Waals surface area contributed by atoms with E-state index in [1.807, 2.05) is 44.2 Å². The van der Waals surface area contributed by atoms with Gasteiger partial charge < -0.3 is 0 Å². The number of aryl methyl sites for hydroxylation is 2. The summed E-state index contributed by atoms with van der Waals surface area (Å²) in [4.78, 5) is 3.14. The van der Waals surface area contributed by atoms with E-state index < -0.39 is 10.0 Å². The van der Waals surface area contributed by atoms with Crippen molar-refractivity contribution in [3.05, 3.63) is 52.4 Å². The van der Waals surface area contributed by atoms with Crippen molar-refractivity contribution in [2.45, 2.75) is 30.5 Å². The Labute approximate surface area is 159 Å². The molecule has 1 atom stereocenters. The van der Waals surface area contributed by atoms with E-state index in [1.165, 1.54) is 11.3 Å². The van der Waals surface area contributed by atoms with Gasteiger partial charge >= 0.3 is 0 Å². The molecule has 5 nitrogen and oxygen atoms in total. The molecule has 0 bridgehead atoms. The minimum Gasteiger partial charge on any atom is -0.282 e. The highest BCUT2D eigenvalue weighted by Crippen LogP contribution is 2.28. The maximum atomic E-state index is 12.8. The molecule has 1 unspecified atom stereocenters. The molecule has 0 N–H and O–H groups in total. The zero-order valence-corrected chi connectivity index (χ0v) is 16.7. The smallest absolute Gasteiger partial charge is 0.252 e. The van der Waals surface area contributed by atoms with Gasteiger partial charge in [0.1, 0.15) is 10.3 Å². The lowest BCUT2D eigenvalue weighted by Gasteiger charge is -2.36. The van der Waals surface area contributed by atoms with Gasteiger partial charge in [-0.05, 0) is 36.6 Å². The first-order valence-electron chi connectivity index (χ1n) is 8.75. The lowest BCUT2D eigenvalue weighted by molar-refractivity contribution is 0.162. The van der Waals surface area contributed by atoms with Gasteiger partial charge in [-0.1, -0.05) is 31.2 Å². The Bertz CT molecular complexity index is 907. The second kappa shape index (κ2) is 7.89. The predicted molar refractivity (Wildman–Crippen MR) is 104 cm³/mol. The summed E-state index contributed by atoms with van der Waals surface area (Å²) in [5, 5.41) is 9.67.